The number of carbonyl (C=O) groups excluding carboxylic acids is 1. The average molecular weight is 293 g/mol. The molecule has 1 aromatic heterocycles. The second-order valence-electron chi connectivity index (χ2n) is 5.27. The number of nitrogens with zero attached hydrogens (tertiary/aromatic N) is 3. The summed E-state index contributed by atoms with van der Waals surface area (Å²) in [7, 11) is 0. The summed E-state index contributed by atoms with van der Waals surface area (Å²) in [5, 5.41) is 8.75. The molecule has 22 heavy (non-hydrogen) atoms. The fourth-order valence-electron chi connectivity index (χ4n) is 2.26. The number of amides is 1. The van der Waals surface area contributed by atoms with E-state index in [1.807, 2.05) is 13.0 Å². The van der Waals surface area contributed by atoms with E-state index in [1.165, 1.54) is 0 Å². The van der Waals surface area contributed by atoms with Gasteiger partial charge in [-0.1, -0.05) is 0 Å². The summed E-state index contributed by atoms with van der Waals surface area (Å²) in [6.07, 6.45) is 1.60. The van der Waals surface area contributed by atoms with Crippen LogP contribution in [0.25, 0.3) is 0 Å². The van der Waals surface area contributed by atoms with Crippen LogP contribution in [0.15, 0.2) is 42.6 Å². The van der Waals surface area contributed by atoms with Crippen molar-refractivity contribution in [3.8, 4) is 11.8 Å². The molecule has 2 heterocycles. The second kappa shape index (κ2) is 5.86. The van der Waals surface area contributed by atoms with Gasteiger partial charge in [0.05, 0.1) is 30.3 Å². The Hall–Kier alpha value is -2.87. The van der Waals surface area contributed by atoms with E-state index in [0.717, 1.165) is 5.69 Å². The van der Waals surface area contributed by atoms with E-state index < -0.39 is 0 Å². The smallest absolute Gasteiger partial charge is 0.255 e. The average Bonchev–Trinajstić information content (AvgIpc) is 2.51. The molecule has 2 aromatic rings. The Balaban J connectivity index is 1.54. The fraction of sp³-hybridized carbons (Fsp3) is 0.235. The van der Waals surface area contributed by atoms with Crippen molar-refractivity contribution in [1.82, 2.24) is 9.88 Å². The molecular formula is C17H15N3O2. The van der Waals surface area contributed by atoms with Gasteiger partial charge in [-0.2, -0.15) is 5.26 Å². The molecule has 5 heteroatoms. The number of aryl methyl sites for hydroxylation is 1. The zero-order chi connectivity index (χ0) is 15.5. The van der Waals surface area contributed by atoms with E-state index in [2.05, 4.69) is 11.1 Å². The number of benzene rings is 1. The molecule has 1 fully saturated rings. The lowest BCUT2D eigenvalue weighted by atomic mass is 10.1. The van der Waals surface area contributed by atoms with Crippen molar-refractivity contribution in [3.05, 3.63) is 59.4 Å². The Labute approximate surface area is 128 Å². The molecule has 0 saturated carbocycles. The fourth-order valence-corrected chi connectivity index (χ4v) is 2.26. The number of likely N-dealkylation sites (tertiary alicyclic amines) is 1. The van der Waals surface area contributed by atoms with Crippen molar-refractivity contribution in [3.63, 3.8) is 0 Å². The lowest BCUT2D eigenvalue weighted by molar-refractivity contribution is 0.0177. The lowest BCUT2D eigenvalue weighted by Crippen LogP contribution is -2.56. The highest BCUT2D eigenvalue weighted by Crippen LogP contribution is 2.20. The molecule has 0 radical (unpaired) electrons. The van der Waals surface area contributed by atoms with E-state index in [1.54, 1.807) is 41.4 Å². The summed E-state index contributed by atoms with van der Waals surface area (Å²) in [5.41, 5.74) is 2.09. The largest absolute Gasteiger partial charge is 0.487 e. The predicted octanol–water partition coefficient (Wildman–Crippen LogP) is 2.17. The molecule has 0 N–H and O–H groups in total. The van der Waals surface area contributed by atoms with Gasteiger partial charge in [0.2, 0.25) is 0 Å². The van der Waals surface area contributed by atoms with Gasteiger partial charge in [-0.15, -0.1) is 0 Å². The zero-order valence-electron chi connectivity index (χ0n) is 12.2. The maximum absolute atomic E-state index is 12.2. The van der Waals surface area contributed by atoms with Crippen molar-refractivity contribution >= 4 is 5.91 Å². The zero-order valence-corrected chi connectivity index (χ0v) is 12.2. The van der Waals surface area contributed by atoms with Crippen LogP contribution in [-0.4, -0.2) is 35.0 Å². The summed E-state index contributed by atoms with van der Waals surface area (Å²) >= 11 is 0. The van der Waals surface area contributed by atoms with Crippen LogP contribution in [0, 0.1) is 18.3 Å². The first-order chi connectivity index (χ1) is 10.7. The van der Waals surface area contributed by atoms with Gasteiger partial charge in [-0.25, -0.2) is 0 Å². The SMILES string of the molecule is Cc1ccc(C(=O)N2CC(Oc3ccc(C#N)cc3)C2)cn1. The third kappa shape index (κ3) is 2.91. The van der Waals surface area contributed by atoms with E-state index in [9.17, 15) is 4.79 Å². The van der Waals surface area contributed by atoms with Gasteiger partial charge in [-0.3, -0.25) is 9.78 Å². The molecule has 0 aliphatic carbocycles. The van der Waals surface area contributed by atoms with Gasteiger partial charge in [0.15, 0.2) is 0 Å². The van der Waals surface area contributed by atoms with Gasteiger partial charge < -0.3 is 9.64 Å². The van der Waals surface area contributed by atoms with E-state index in [-0.39, 0.29) is 12.0 Å². The second-order valence-corrected chi connectivity index (χ2v) is 5.27. The topological polar surface area (TPSA) is 66.2 Å². The van der Waals surface area contributed by atoms with Crippen molar-refractivity contribution in [1.29, 1.82) is 5.26 Å². The number of hydrogen-bond acceptors (Lipinski definition) is 4. The van der Waals surface area contributed by atoms with Gasteiger partial charge in [0.1, 0.15) is 11.9 Å². The summed E-state index contributed by atoms with van der Waals surface area (Å²) in [4.78, 5) is 18.1. The number of aromatic nitrogens is 1. The van der Waals surface area contributed by atoms with Crippen LogP contribution in [0.5, 0.6) is 5.75 Å². The predicted molar refractivity (Wildman–Crippen MR) is 80.5 cm³/mol. The minimum Gasteiger partial charge on any atom is -0.487 e. The van der Waals surface area contributed by atoms with E-state index in [4.69, 9.17) is 10.00 Å². The highest BCUT2D eigenvalue weighted by molar-refractivity contribution is 5.94. The van der Waals surface area contributed by atoms with Crippen LogP contribution in [0.3, 0.4) is 0 Å². The van der Waals surface area contributed by atoms with E-state index >= 15 is 0 Å². The first kappa shape index (κ1) is 14.1. The summed E-state index contributed by atoms with van der Waals surface area (Å²) in [6, 6.07) is 12.7. The van der Waals surface area contributed by atoms with Crippen LogP contribution >= 0.6 is 0 Å². The Bertz CT molecular complexity index is 711. The summed E-state index contributed by atoms with van der Waals surface area (Å²) < 4.78 is 5.77. The molecule has 1 aliphatic heterocycles. The molecule has 0 spiro atoms. The third-order valence-corrected chi connectivity index (χ3v) is 3.58. The molecule has 110 valence electrons. The molecule has 5 nitrogen and oxygen atoms in total. The molecule has 1 amide bonds. The van der Waals surface area contributed by atoms with Crippen molar-refractivity contribution in [2.24, 2.45) is 0 Å². The van der Waals surface area contributed by atoms with Gasteiger partial charge in [0.25, 0.3) is 5.91 Å². The Kier molecular flexibility index (Phi) is 3.75. The number of carbonyl (C=O) groups is 1. The molecular weight excluding hydrogens is 278 g/mol. The maximum atomic E-state index is 12.2. The highest BCUT2D eigenvalue weighted by atomic mass is 16.5. The molecule has 0 atom stereocenters. The number of nitriles is 1. The normalized spacial score (nSPS) is 14.1. The number of ether oxygens (including phenoxy) is 1. The van der Waals surface area contributed by atoms with Crippen molar-refractivity contribution in [2.45, 2.75) is 13.0 Å². The monoisotopic (exact) mass is 293 g/mol. The minimum absolute atomic E-state index is 0.00436. The van der Waals surface area contributed by atoms with Crippen LogP contribution < -0.4 is 4.74 Å². The first-order valence-corrected chi connectivity index (χ1v) is 7.04. The van der Waals surface area contributed by atoms with Gasteiger partial charge in [0, 0.05) is 11.9 Å². The lowest BCUT2D eigenvalue weighted by Gasteiger charge is -2.39. The standard InChI is InChI=1S/C17H15N3O2/c1-12-2-5-14(9-19-12)17(21)20-10-16(11-20)22-15-6-3-13(8-18)4-7-15/h2-7,9,16H,10-11H2,1H3. The molecule has 0 bridgehead atoms. The van der Waals surface area contributed by atoms with Crippen molar-refractivity contribution < 1.29 is 9.53 Å². The van der Waals surface area contributed by atoms with Gasteiger partial charge in [-0.05, 0) is 43.3 Å². The van der Waals surface area contributed by atoms with Crippen LogP contribution in [-0.2, 0) is 0 Å². The van der Waals surface area contributed by atoms with Crippen LogP contribution in [0.1, 0.15) is 21.6 Å². The number of pyridine rings is 1. The highest BCUT2D eigenvalue weighted by Gasteiger charge is 2.32. The van der Waals surface area contributed by atoms with Crippen LogP contribution in [0.4, 0.5) is 0 Å². The summed E-state index contributed by atoms with van der Waals surface area (Å²) in [5.74, 6) is 0.695. The molecule has 1 aromatic carbocycles. The Morgan fingerprint density at radius 3 is 2.59 bits per heavy atom. The minimum atomic E-state index is -0.0211. The third-order valence-electron chi connectivity index (χ3n) is 3.58. The quantitative estimate of drug-likeness (QED) is 0.870. The Morgan fingerprint density at radius 2 is 2.00 bits per heavy atom. The Morgan fingerprint density at radius 1 is 1.27 bits per heavy atom. The molecule has 0 unspecified atom stereocenters. The summed E-state index contributed by atoms with van der Waals surface area (Å²) in [6.45, 7) is 3.01. The van der Waals surface area contributed by atoms with E-state index in [0.29, 0.717) is 30.0 Å². The molecule has 1 aliphatic rings. The maximum Gasteiger partial charge on any atom is 0.255 e. The molecule has 1 saturated heterocycles. The molecule has 3 rings (SSSR count). The van der Waals surface area contributed by atoms with Gasteiger partial charge >= 0.3 is 0 Å². The number of hydrogen-bond donors (Lipinski definition) is 0. The first-order valence-electron chi connectivity index (χ1n) is 7.04. The van der Waals surface area contributed by atoms with Crippen molar-refractivity contribution in [2.75, 3.05) is 13.1 Å². The number of rotatable bonds is 3. The van der Waals surface area contributed by atoms with Crippen LogP contribution in [0.2, 0.25) is 0 Å².